The Morgan fingerprint density at radius 3 is 2.88 bits per heavy atom. The Morgan fingerprint density at radius 2 is 2.24 bits per heavy atom. The van der Waals surface area contributed by atoms with Crippen molar-refractivity contribution in [3.05, 3.63) is 12.2 Å². The first kappa shape index (κ1) is 11.7. The summed E-state index contributed by atoms with van der Waals surface area (Å²) in [5.41, 5.74) is -0.623. The van der Waals surface area contributed by atoms with Gasteiger partial charge in [-0.3, -0.25) is 4.18 Å². The molecule has 5 atom stereocenters. The van der Waals surface area contributed by atoms with E-state index in [4.69, 9.17) is 8.92 Å². The molecule has 3 rings (SSSR count). The largest absolute Gasteiger partial charge is 0.362 e. The number of hydrogen-bond acceptors (Lipinski definition) is 4. The van der Waals surface area contributed by atoms with Gasteiger partial charge in [0.15, 0.2) is 0 Å². The summed E-state index contributed by atoms with van der Waals surface area (Å²) in [5, 5.41) is -0.506. The molecule has 5 heteroatoms. The summed E-state index contributed by atoms with van der Waals surface area (Å²) in [6.07, 6.45) is 5.89. The first-order chi connectivity index (χ1) is 7.99. The predicted octanol–water partition coefficient (Wildman–Crippen LogP) is 1.62. The van der Waals surface area contributed by atoms with Crippen LogP contribution in [0.2, 0.25) is 0 Å². The van der Waals surface area contributed by atoms with E-state index in [0.717, 1.165) is 12.8 Å². The first-order valence-corrected chi connectivity index (χ1v) is 7.76. The highest BCUT2D eigenvalue weighted by Gasteiger charge is 2.63. The molecule has 0 N–H and O–H groups in total. The van der Waals surface area contributed by atoms with Crippen molar-refractivity contribution in [1.82, 2.24) is 0 Å². The lowest BCUT2D eigenvalue weighted by Gasteiger charge is -2.43. The first-order valence-electron chi connectivity index (χ1n) is 6.29. The van der Waals surface area contributed by atoms with Gasteiger partial charge in [0.2, 0.25) is 0 Å². The predicted molar refractivity (Wildman–Crippen MR) is 63.0 cm³/mol. The van der Waals surface area contributed by atoms with Crippen LogP contribution < -0.4 is 0 Å². The Labute approximate surface area is 102 Å². The molecule has 4 nitrogen and oxygen atoms in total. The fourth-order valence-corrected chi connectivity index (χ4v) is 5.36. The number of ether oxygens (including phenoxy) is 1. The minimum atomic E-state index is -3.48. The Balaban J connectivity index is 2.02. The third-order valence-corrected chi connectivity index (χ3v) is 6.10. The van der Waals surface area contributed by atoms with Gasteiger partial charge in [-0.2, -0.15) is 8.42 Å². The van der Waals surface area contributed by atoms with Crippen molar-refractivity contribution in [2.24, 2.45) is 5.92 Å². The highest BCUT2D eigenvalue weighted by Crippen LogP contribution is 2.52. The van der Waals surface area contributed by atoms with E-state index in [2.05, 4.69) is 0 Å². The summed E-state index contributed by atoms with van der Waals surface area (Å²) >= 11 is 0. The monoisotopic (exact) mass is 258 g/mol. The van der Waals surface area contributed by atoms with E-state index in [9.17, 15) is 8.42 Å². The molecule has 0 saturated carbocycles. The summed E-state index contributed by atoms with van der Waals surface area (Å²) in [6, 6.07) is 0. The van der Waals surface area contributed by atoms with Crippen molar-refractivity contribution in [3.63, 3.8) is 0 Å². The molecular weight excluding hydrogens is 240 g/mol. The SMILES string of the molecule is CCC[C@@H]1OS(=O)(=O)[C@H]2C[C@@H]3C=C[C@]2(O3)[C@H]1C. The van der Waals surface area contributed by atoms with Gasteiger partial charge in [0, 0.05) is 5.92 Å². The molecule has 0 unspecified atom stereocenters. The van der Waals surface area contributed by atoms with Gasteiger partial charge in [0.05, 0.1) is 12.2 Å². The molecule has 0 aromatic heterocycles. The maximum Gasteiger partial charge on any atom is 0.273 e. The molecule has 3 aliphatic rings. The fourth-order valence-electron chi connectivity index (χ4n) is 3.40. The average molecular weight is 258 g/mol. The summed E-state index contributed by atoms with van der Waals surface area (Å²) in [4.78, 5) is 0. The molecular formula is C12H18O4S. The van der Waals surface area contributed by atoms with Crippen LogP contribution in [0.25, 0.3) is 0 Å². The quantitative estimate of drug-likeness (QED) is 0.558. The summed E-state index contributed by atoms with van der Waals surface area (Å²) in [6.45, 7) is 4.08. The lowest BCUT2D eigenvalue weighted by molar-refractivity contribution is -0.0589. The molecule has 3 heterocycles. The van der Waals surface area contributed by atoms with E-state index in [0.29, 0.717) is 6.42 Å². The van der Waals surface area contributed by atoms with Gasteiger partial charge in [0.1, 0.15) is 10.9 Å². The molecule has 2 saturated heterocycles. The number of fused-ring (bicyclic) bond motifs is 1. The smallest absolute Gasteiger partial charge is 0.273 e. The maximum absolute atomic E-state index is 12.1. The van der Waals surface area contributed by atoms with Crippen LogP contribution in [-0.2, 0) is 19.0 Å². The average Bonchev–Trinajstić information content (AvgIpc) is 2.84. The van der Waals surface area contributed by atoms with Gasteiger partial charge < -0.3 is 4.74 Å². The molecule has 96 valence electrons. The van der Waals surface area contributed by atoms with Gasteiger partial charge in [-0.15, -0.1) is 0 Å². The molecule has 3 aliphatic heterocycles. The zero-order valence-electron chi connectivity index (χ0n) is 10.1. The fraction of sp³-hybridized carbons (Fsp3) is 0.833. The minimum absolute atomic E-state index is 0.0406. The third-order valence-electron chi connectivity index (χ3n) is 4.33. The molecule has 17 heavy (non-hydrogen) atoms. The van der Waals surface area contributed by atoms with Gasteiger partial charge in [-0.25, -0.2) is 0 Å². The van der Waals surface area contributed by atoms with E-state index in [-0.39, 0.29) is 18.1 Å². The van der Waals surface area contributed by atoms with E-state index in [1.165, 1.54) is 0 Å². The van der Waals surface area contributed by atoms with Crippen LogP contribution in [0.3, 0.4) is 0 Å². The molecule has 1 spiro atoms. The Bertz CT molecular complexity index is 455. The maximum atomic E-state index is 12.1. The van der Waals surface area contributed by atoms with Crippen LogP contribution in [0.15, 0.2) is 12.2 Å². The molecule has 0 aromatic rings. The van der Waals surface area contributed by atoms with Crippen molar-refractivity contribution < 1.29 is 17.3 Å². The van der Waals surface area contributed by atoms with Gasteiger partial charge in [-0.1, -0.05) is 32.4 Å². The van der Waals surface area contributed by atoms with Gasteiger partial charge in [0.25, 0.3) is 10.1 Å². The Kier molecular flexibility index (Phi) is 2.44. The third kappa shape index (κ3) is 1.45. The van der Waals surface area contributed by atoms with E-state index >= 15 is 0 Å². The van der Waals surface area contributed by atoms with Crippen LogP contribution in [0.1, 0.15) is 33.1 Å². The van der Waals surface area contributed by atoms with Crippen molar-refractivity contribution in [2.45, 2.75) is 56.2 Å². The second kappa shape index (κ2) is 3.56. The van der Waals surface area contributed by atoms with Crippen LogP contribution in [0, 0.1) is 5.92 Å². The van der Waals surface area contributed by atoms with Crippen LogP contribution >= 0.6 is 0 Å². The van der Waals surface area contributed by atoms with Gasteiger partial charge >= 0.3 is 0 Å². The van der Waals surface area contributed by atoms with Crippen molar-refractivity contribution in [1.29, 1.82) is 0 Å². The Morgan fingerprint density at radius 1 is 1.47 bits per heavy atom. The number of hydrogen-bond donors (Lipinski definition) is 0. The molecule has 2 bridgehead atoms. The van der Waals surface area contributed by atoms with E-state index in [1.807, 2.05) is 26.0 Å². The second-order valence-corrected chi connectivity index (χ2v) is 7.05. The number of rotatable bonds is 2. The van der Waals surface area contributed by atoms with Crippen molar-refractivity contribution in [2.75, 3.05) is 0 Å². The molecule has 2 fully saturated rings. The molecule has 0 radical (unpaired) electrons. The molecule has 0 aromatic carbocycles. The van der Waals surface area contributed by atoms with Crippen LogP contribution in [0.5, 0.6) is 0 Å². The van der Waals surface area contributed by atoms with Crippen molar-refractivity contribution >= 4 is 10.1 Å². The normalized spacial score (nSPS) is 50.5. The second-order valence-electron chi connectivity index (χ2n) is 5.30. The lowest BCUT2D eigenvalue weighted by Crippen LogP contribution is -2.57. The zero-order chi connectivity index (χ0) is 12.3. The van der Waals surface area contributed by atoms with Crippen LogP contribution in [-0.4, -0.2) is 31.5 Å². The summed E-state index contributed by atoms with van der Waals surface area (Å²) in [5.74, 6) is 0.0970. The minimum Gasteiger partial charge on any atom is -0.362 e. The summed E-state index contributed by atoms with van der Waals surface area (Å²) in [7, 11) is -3.48. The standard InChI is InChI=1S/C12H18O4S/c1-3-4-10-8(2)12-6-5-9(15-12)7-11(12)17(13,14)16-10/h5-6,8-11H,3-4,7H2,1-2H3/t8-,9-,10-,11-,12-/m0/s1. The van der Waals surface area contributed by atoms with Crippen molar-refractivity contribution in [3.8, 4) is 0 Å². The summed E-state index contributed by atoms with van der Waals surface area (Å²) < 4.78 is 35.5. The Hall–Kier alpha value is -0.390. The van der Waals surface area contributed by atoms with E-state index < -0.39 is 21.0 Å². The van der Waals surface area contributed by atoms with E-state index in [1.54, 1.807) is 0 Å². The van der Waals surface area contributed by atoms with Gasteiger partial charge in [-0.05, 0) is 12.8 Å². The lowest BCUT2D eigenvalue weighted by atomic mass is 9.79. The highest BCUT2D eigenvalue weighted by molar-refractivity contribution is 7.87. The molecule has 0 amide bonds. The molecule has 0 aliphatic carbocycles. The highest BCUT2D eigenvalue weighted by atomic mass is 32.2. The van der Waals surface area contributed by atoms with Crippen LogP contribution in [0.4, 0.5) is 0 Å². The zero-order valence-corrected chi connectivity index (χ0v) is 10.9. The topological polar surface area (TPSA) is 52.6 Å².